The molecule has 1 atom stereocenters. The van der Waals surface area contributed by atoms with Gasteiger partial charge in [0.2, 0.25) is 0 Å². The molecule has 0 fully saturated rings. The summed E-state index contributed by atoms with van der Waals surface area (Å²) >= 11 is 0. The van der Waals surface area contributed by atoms with Gasteiger partial charge in [0, 0.05) is 5.41 Å². The summed E-state index contributed by atoms with van der Waals surface area (Å²) in [4.78, 5) is 0. The van der Waals surface area contributed by atoms with Crippen LogP contribution in [-0.2, 0) is 12.8 Å². The first-order valence-corrected chi connectivity index (χ1v) is 5.78. The van der Waals surface area contributed by atoms with E-state index in [1.54, 1.807) is 0 Å². The Kier molecular flexibility index (Phi) is 2.82. The van der Waals surface area contributed by atoms with Gasteiger partial charge in [-0.05, 0) is 50.2 Å². The first kappa shape index (κ1) is 10.3. The summed E-state index contributed by atoms with van der Waals surface area (Å²) in [5.74, 6) is 2.98. The highest BCUT2D eigenvalue weighted by Gasteiger charge is 2.23. The van der Waals surface area contributed by atoms with Crippen molar-refractivity contribution in [3.63, 3.8) is 0 Å². The molecule has 0 radical (unpaired) electrons. The van der Waals surface area contributed by atoms with Crippen molar-refractivity contribution in [2.75, 3.05) is 0 Å². The molecule has 1 aliphatic rings. The zero-order chi connectivity index (χ0) is 10.7. The molecule has 1 aromatic rings. The van der Waals surface area contributed by atoms with E-state index in [9.17, 15) is 0 Å². The van der Waals surface area contributed by atoms with Gasteiger partial charge >= 0.3 is 0 Å². The predicted octanol–water partition coefficient (Wildman–Crippen LogP) is 3.60. The summed E-state index contributed by atoms with van der Waals surface area (Å²) in [6, 6.07) is 8.78. The zero-order valence-electron chi connectivity index (χ0n) is 9.42. The van der Waals surface area contributed by atoms with Gasteiger partial charge in [0.1, 0.15) is 0 Å². The van der Waals surface area contributed by atoms with Crippen molar-refractivity contribution in [3.8, 4) is 12.3 Å². The molecule has 0 nitrogen and oxygen atoms in total. The maximum Gasteiger partial charge on any atom is 0.0287 e. The summed E-state index contributed by atoms with van der Waals surface area (Å²) in [5, 5.41) is 0. The molecule has 1 unspecified atom stereocenters. The van der Waals surface area contributed by atoms with Gasteiger partial charge in [-0.2, -0.15) is 0 Å². The highest BCUT2D eigenvalue weighted by molar-refractivity contribution is 5.28. The van der Waals surface area contributed by atoms with E-state index < -0.39 is 0 Å². The maximum atomic E-state index is 5.63. The molecule has 0 heterocycles. The monoisotopic (exact) mass is 198 g/mol. The average Bonchev–Trinajstić information content (AvgIpc) is 2.25. The molecule has 2 rings (SSSR count). The first-order chi connectivity index (χ1) is 7.23. The second kappa shape index (κ2) is 4.11. The summed E-state index contributed by atoms with van der Waals surface area (Å²) in [7, 11) is 0. The molecule has 0 saturated carbocycles. The lowest BCUT2D eigenvalue weighted by Gasteiger charge is -2.26. The summed E-state index contributed by atoms with van der Waals surface area (Å²) in [6.07, 6.45) is 11.5. The van der Waals surface area contributed by atoms with E-state index >= 15 is 0 Å². The van der Waals surface area contributed by atoms with E-state index in [0.29, 0.717) is 0 Å². The second-order valence-electron chi connectivity index (χ2n) is 4.83. The highest BCUT2D eigenvalue weighted by Crippen LogP contribution is 2.32. The van der Waals surface area contributed by atoms with Crippen LogP contribution in [0.3, 0.4) is 0 Å². The third kappa shape index (κ3) is 2.23. The van der Waals surface area contributed by atoms with Crippen LogP contribution in [0.25, 0.3) is 0 Å². The van der Waals surface area contributed by atoms with E-state index in [-0.39, 0.29) is 5.41 Å². The third-order valence-electron chi connectivity index (χ3n) is 3.59. The van der Waals surface area contributed by atoms with Crippen LogP contribution in [0.5, 0.6) is 0 Å². The fraction of sp³-hybridized carbons (Fsp3) is 0.467. The van der Waals surface area contributed by atoms with Gasteiger partial charge in [-0.15, -0.1) is 12.3 Å². The highest BCUT2D eigenvalue weighted by atomic mass is 14.3. The van der Waals surface area contributed by atoms with Crippen molar-refractivity contribution >= 4 is 0 Å². The summed E-state index contributed by atoms with van der Waals surface area (Å²) in [6.45, 7) is 2.22. The van der Waals surface area contributed by atoms with Crippen molar-refractivity contribution in [1.82, 2.24) is 0 Å². The van der Waals surface area contributed by atoms with Gasteiger partial charge in [0.05, 0.1) is 0 Å². The van der Waals surface area contributed by atoms with Crippen molar-refractivity contribution in [1.29, 1.82) is 0 Å². The lowest BCUT2D eigenvalue weighted by Crippen LogP contribution is -2.18. The molecule has 0 heteroatoms. The van der Waals surface area contributed by atoms with E-state index in [2.05, 4.69) is 37.1 Å². The fourth-order valence-electron chi connectivity index (χ4n) is 2.39. The number of aryl methyl sites for hydroxylation is 2. The summed E-state index contributed by atoms with van der Waals surface area (Å²) in [5.41, 5.74) is 3.14. The molecule has 1 aliphatic carbocycles. The quantitative estimate of drug-likeness (QED) is 0.559. The van der Waals surface area contributed by atoms with Crippen LogP contribution < -0.4 is 0 Å². The Bertz CT molecular complexity index is 383. The minimum Gasteiger partial charge on any atom is -0.120 e. The number of rotatable bonds is 0. The van der Waals surface area contributed by atoms with E-state index in [1.165, 1.54) is 24.0 Å². The Balaban J connectivity index is 2.23. The molecule has 0 aliphatic heterocycles. The zero-order valence-corrected chi connectivity index (χ0v) is 9.42. The molecule has 0 saturated heterocycles. The number of hydrogen-bond donors (Lipinski definition) is 0. The lowest BCUT2D eigenvalue weighted by molar-refractivity contribution is 0.360. The molecule has 15 heavy (non-hydrogen) atoms. The molecular formula is C15H18. The van der Waals surface area contributed by atoms with Crippen LogP contribution >= 0.6 is 0 Å². The van der Waals surface area contributed by atoms with E-state index in [4.69, 9.17) is 6.42 Å². The molecule has 0 amide bonds. The molecule has 78 valence electrons. The standard InChI is InChI=1S/C15H18/c1-3-15(2)11-6-9-13-7-4-5-8-14(13)10-12-15/h1,4-5,7-8H,6,9-12H2,2H3. The van der Waals surface area contributed by atoms with Crippen molar-refractivity contribution < 1.29 is 0 Å². The van der Waals surface area contributed by atoms with Gasteiger partial charge in [-0.25, -0.2) is 0 Å². The first-order valence-electron chi connectivity index (χ1n) is 5.78. The Morgan fingerprint density at radius 3 is 2.47 bits per heavy atom. The van der Waals surface area contributed by atoms with Crippen LogP contribution in [0.2, 0.25) is 0 Å². The third-order valence-corrected chi connectivity index (χ3v) is 3.59. The Hall–Kier alpha value is -1.22. The summed E-state index contributed by atoms with van der Waals surface area (Å²) < 4.78 is 0. The molecule has 0 aromatic heterocycles. The van der Waals surface area contributed by atoms with E-state index in [0.717, 1.165) is 19.3 Å². The minimum atomic E-state index is 0.119. The Morgan fingerprint density at radius 2 is 1.80 bits per heavy atom. The van der Waals surface area contributed by atoms with Crippen LogP contribution in [0.15, 0.2) is 24.3 Å². The number of terminal acetylenes is 1. The van der Waals surface area contributed by atoms with Gasteiger partial charge in [-0.1, -0.05) is 24.3 Å². The van der Waals surface area contributed by atoms with Crippen LogP contribution in [0, 0.1) is 17.8 Å². The van der Waals surface area contributed by atoms with Crippen LogP contribution in [-0.4, -0.2) is 0 Å². The average molecular weight is 198 g/mol. The molecule has 0 N–H and O–H groups in total. The topological polar surface area (TPSA) is 0 Å². The number of benzene rings is 1. The van der Waals surface area contributed by atoms with Crippen LogP contribution in [0.1, 0.15) is 37.3 Å². The Labute approximate surface area is 92.7 Å². The molecule has 0 bridgehead atoms. The molecule has 0 spiro atoms. The van der Waals surface area contributed by atoms with Crippen molar-refractivity contribution in [3.05, 3.63) is 35.4 Å². The van der Waals surface area contributed by atoms with Crippen molar-refractivity contribution in [2.45, 2.75) is 39.0 Å². The Morgan fingerprint density at radius 1 is 1.13 bits per heavy atom. The minimum absolute atomic E-state index is 0.119. The molecule has 1 aromatic carbocycles. The van der Waals surface area contributed by atoms with E-state index in [1.807, 2.05) is 0 Å². The van der Waals surface area contributed by atoms with Gasteiger partial charge < -0.3 is 0 Å². The molecular weight excluding hydrogens is 180 g/mol. The van der Waals surface area contributed by atoms with Crippen LogP contribution in [0.4, 0.5) is 0 Å². The maximum absolute atomic E-state index is 5.63. The second-order valence-corrected chi connectivity index (χ2v) is 4.83. The SMILES string of the molecule is C#CC1(C)CCCc2ccccc2CC1. The van der Waals surface area contributed by atoms with Gasteiger partial charge in [0.25, 0.3) is 0 Å². The predicted molar refractivity (Wildman–Crippen MR) is 64.6 cm³/mol. The normalized spacial score (nSPS) is 25.9. The fourth-order valence-corrected chi connectivity index (χ4v) is 2.39. The number of fused-ring (bicyclic) bond motifs is 1. The van der Waals surface area contributed by atoms with Gasteiger partial charge in [0.15, 0.2) is 0 Å². The largest absolute Gasteiger partial charge is 0.120 e. The van der Waals surface area contributed by atoms with Gasteiger partial charge in [-0.3, -0.25) is 0 Å². The smallest absolute Gasteiger partial charge is 0.0287 e. The van der Waals surface area contributed by atoms with Crippen molar-refractivity contribution in [2.24, 2.45) is 5.41 Å². The lowest BCUT2D eigenvalue weighted by atomic mass is 9.77. The number of hydrogen-bond acceptors (Lipinski definition) is 0.